The number of halogens is 3. The summed E-state index contributed by atoms with van der Waals surface area (Å²) in [4.78, 5) is 9.04. The number of hydrogen-bond donors (Lipinski definition) is 1. The molecule has 2 saturated heterocycles. The molecule has 1 N–H and O–H groups in total. The van der Waals surface area contributed by atoms with E-state index in [0.717, 1.165) is 82.3 Å². The molecule has 3 heterocycles. The third-order valence-corrected chi connectivity index (χ3v) is 6.77. The number of alkyl halides is 3. The van der Waals surface area contributed by atoms with E-state index in [2.05, 4.69) is 20.1 Å². The average molecular weight is 482 g/mol. The Morgan fingerprint density at radius 2 is 1.85 bits per heavy atom. The SMILES string of the molecule is FC(F)(F)c1ccccc1Cn1ccnc1C1CCN(C(=S)NCCN2CCOCC2)CC1. The maximum Gasteiger partial charge on any atom is 0.416 e. The van der Waals surface area contributed by atoms with Crippen molar-refractivity contribution in [3.05, 3.63) is 53.6 Å². The predicted octanol–water partition coefficient (Wildman–Crippen LogP) is 3.34. The lowest BCUT2D eigenvalue weighted by molar-refractivity contribution is -0.138. The van der Waals surface area contributed by atoms with E-state index in [9.17, 15) is 13.2 Å². The summed E-state index contributed by atoms with van der Waals surface area (Å²) >= 11 is 5.59. The van der Waals surface area contributed by atoms with Crippen molar-refractivity contribution >= 4 is 17.3 Å². The minimum absolute atomic E-state index is 0.159. The first-order valence-electron chi connectivity index (χ1n) is 11.4. The number of ether oxygens (including phenoxy) is 1. The zero-order chi connectivity index (χ0) is 23.3. The Bertz CT molecular complexity index is 921. The highest BCUT2D eigenvalue weighted by atomic mass is 32.1. The number of benzene rings is 1. The van der Waals surface area contributed by atoms with Gasteiger partial charge in [0.25, 0.3) is 0 Å². The highest BCUT2D eigenvalue weighted by Crippen LogP contribution is 2.33. The van der Waals surface area contributed by atoms with Gasteiger partial charge in [-0.05, 0) is 36.7 Å². The monoisotopic (exact) mass is 481 g/mol. The molecule has 2 aliphatic heterocycles. The number of likely N-dealkylation sites (tertiary alicyclic amines) is 1. The maximum absolute atomic E-state index is 13.4. The van der Waals surface area contributed by atoms with E-state index >= 15 is 0 Å². The molecule has 33 heavy (non-hydrogen) atoms. The molecule has 2 fully saturated rings. The number of imidazole rings is 1. The van der Waals surface area contributed by atoms with Crippen LogP contribution in [0.1, 0.15) is 35.7 Å². The smallest absolute Gasteiger partial charge is 0.379 e. The van der Waals surface area contributed by atoms with Gasteiger partial charge in [-0.3, -0.25) is 4.90 Å². The largest absolute Gasteiger partial charge is 0.416 e. The van der Waals surface area contributed by atoms with Crippen LogP contribution in [0.3, 0.4) is 0 Å². The van der Waals surface area contributed by atoms with Gasteiger partial charge in [-0.1, -0.05) is 18.2 Å². The minimum Gasteiger partial charge on any atom is -0.379 e. The lowest BCUT2D eigenvalue weighted by atomic mass is 9.96. The van der Waals surface area contributed by atoms with Crippen LogP contribution in [0.5, 0.6) is 0 Å². The van der Waals surface area contributed by atoms with E-state index in [1.807, 2.05) is 4.57 Å². The molecular formula is C23H30F3N5OS. The predicted molar refractivity (Wildman–Crippen MR) is 124 cm³/mol. The molecule has 0 atom stereocenters. The van der Waals surface area contributed by atoms with E-state index in [0.29, 0.717) is 0 Å². The van der Waals surface area contributed by atoms with E-state index in [1.165, 1.54) is 12.1 Å². The van der Waals surface area contributed by atoms with Gasteiger partial charge in [0.15, 0.2) is 5.11 Å². The highest BCUT2D eigenvalue weighted by Gasteiger charge is 2.33. The molecule has 0 saturated carbocycles. The Labute approximate surface area is 197 Å². The third kappa shape index (κ3) is 6.24. The van der Waals surface area contributed by atoms with Crippen LogP contribution < -0.4 is 5.32 Å². The van der Waals surface area contributed by atoms with Crippen LogP contribution in [0.15, 0.2) is 36.7 Å². The Kier molecular flexibility index (Phi) is 7.87. The molecule has 0 aliphatic carbocycles. The van der Waals surface area contributed by atoms with E-state index in [-0.39, 0.29) is 18.0 Å². The van der Waals surface area contributed by atoms with Crippen molar-refractivity contribution in [2.45, 2.75) is 31.5 Å². The van der Waals surface area contributed by atoms with Gasteiger partial charge in [0.2, 0.25) is 0 Å². The van der Waals surface area contributed by atoms with Crippen molar-refractivity contribution in [2.75, 3.05) is 52.5 Å². The Morgan fingerprint density at radius 3 is 2.58 bits per heavy atom. The molecule has 0 amide bonds. The molecule has 180 valence electrons. The first-order valence-corrected chi connectivity index (χ1v) is 11.8. The van der Waals surface area contributed by atoms with Crippen LogP contribution in [-0.4, -0.2) is 76.9 Å². The van der Waals surface area contributed by atoms with Crippen LogP contribution in [0.4, 0.5) is 13.2 Å². The number of thiocarbonyl (C=S) groups is 1. The number of rotatable bonds is 6. The van der Waals surface area contributed by atoms with Gasteiger partial charge in [0.05, 0.1) is 18.8 Å². The van der Waals surface area contributed by atoms with Crippen LogP contribution in [-0.2, 0) is 17.5 Å². The second-order valence-corrected chi connectivity index (χ2v) is 8.90. The Hall–Kier alpha value is -2.17. The summed E-state index contributed by atoms with van der Waals surface area (Å²) in [6.07, 6.45) is 0.808. The number of nitrogens with zero attached hydrogens (tertiary/aromatic N) is 4. The van der Waals surface area contributed by atoms with Gasteiger partial charge in [-0.25, -0.2) is 4.98 Å². The quantitative estimate of drug-likeness (QED) is 0.639. The topological polar surface area (TPSA) is 45.6 Å². The summed E-state index contributed by atoms with van der Waals surface area (Å²) in [5, 5.41) is 4.13. The molecule has 2 aromatic rings. The fourth-order valence-corrected chi connectivity index (χ4v) is 4.82. The summed E-state index contributed by atoms with van der Waals surface area (Å²) in [6.45, 7) is 7.01. The van der Waals surface area contributed by atoms with Gasteiger partial charge < -0.3 is 19.5 Å². The number of nitrogens with one attached hydrogen (secondary N) is 1. The normalized spacial score (nSPS) is 18.5. The van der Waals surface area contributed by atoms with Crippen molar-refractivity contribution in [1.82, 2.24) is 24.7 Å². The first-order chi connectivity index (χ1) is 15.9. The summed E-state index contributed by atoms with van der Waals surface area (Å²) in [5.74, 6) is 1.04. The highest BCUT2D eigenvalue weighted by molar-refractivity contribution is 7.80. The molecule has 6 nitrogen and oxygen atoms in total. The summed E-state index contributed by atoms with van der Waals surface area (Å²) < 4.78 is 47.4. The summed E-state index contributed by atoms with van der Waals surface area (Å²) in [7, 11) is 0. The number of morpholine rings is 1. The molecule has 10 heteroatoms. The molecule has 0 spiro atoms. The number of hydrogen-bond acceptors (Lipinski definition) is 4. The fraction of sp³-hybridized carbons (Fsp3) is 0.565. The molecule has 0 bridgehead atoms. The molecular weight excluding hydrogens is 451 g/mol. The van der Waals surface area contributed by atoms with Crippen LogP contribution >= 0.6 is 12.2 Å². The Morgan fingerprint density at radius 1 is 1.12 bits per heavy atom. The Balaban J connectivity index is 1.29. The van der Waals surface area contributed by atoms with Crippen molar-refractivity contribution in [1.29, 1.82) is 0 Å². The van der Waals surface area contributed by atoms with Crippen molar-refractivity contribution in [3.8, 4) is 0 Å². The molecule has 0 unspecified atom stereocenters. The molecule has 4 rings (SSSR count). The maximum atomic E-state index is 13.4. The zero-order valence-corrected chi connectivity index (χ0v) is 19.4. The van der Waals surface area contributed by atoms with Gasteiger partial charge >= 0.3 is 6.18 Å². The lowest BCUT2D eigenvalue weighted by Crippen LogP contribution is -2.47. The van der Waals surface area contributed by atoms with Gasteiger partial charge in [0.1, 0.15) is 5.82 Å². The van der Waals surface area contributed by atoms with Crippen molar-refractivity contribution < 1.29 is 17.9 Å². The lowest BCUT2D eigenvalue weighted by Gasteiger charge is -2.34. The van der Waals surface area contributed by atoms with Crippen LogP contribution in [0.2, 0.25) is 0 Å². The summed E-state index contributed by atoms with van der Waals surface area (Å²) in [5.41, 5.74) is -0.333. The average Bonchev–Trinajstić information content (AvgIpc) is 3.27. The first kappa shape index (κ1) is 24.0. The van der Waals surface area contributed by atoms with Gasteiger partial charge in [-0.2, -0.15) is 13.2 Å². The second kappa shape index (κ2) is 10.8. The number of piperidine rings is 1. The van der Waals surface area contributed by atoms with Gasteiger partial charge in [0, 0.05) is 64.1 Å². The standard InChI is InChI=1S/C23H30F3N5OS/c24-23(25,26)20-4-2-1-3-19(20)17-31-12-8-27-21(31)18-5-9-30(10-6-18)22(33)28-7-11-29-13-15-32-16-14-29/h1-4,8,12,18H,5-7,9-11,13-17H2,(H,28,33). The molecule has 2 aliphatic rings. The fourth-order valence-electron chi connectivity index (χ4n) is 4.53. The van der Waals surface area contributed by atoms with Crippen molar-refractivity contribution in [2.24, 2.45) is 0 Å². The van der Waals surface area contributed by atoms with E-state index < -0.39 is 11.7 Å². The van der Waals surface area contributed by atoms with E-state index in [4.69, 9.17) is 17.0 Å². The van der Waals surface area contributed by atoms with Gasteiger partial charge in [-0.15, -0.1) is 0 Å². The second-order valence-electron chi connectivity index (χ2n) is 8.52. The molecule has 1 aromatic heterocycles. The zero-order valence-electron chi connectivity index (χ0n) is 18.6. The number of aromatic nitrogens is 2. The van der Waals surface area contributed by atoms with Crippen LogP contribution in [0.25, 0.3) is 0 Å². The van der Waals surface area contributed by atoms with Crippen LogP contribution in [0, 0.1) is 0 Å². The summed E-state index contributed by atoms with van der Waals surface area (Å²) in [6, 6.07) is 5.75. The minimum atomic E-state index is -4.37. The third-order valence-electron chi connectivity index (χ3n) is 6.37. The molecule has 1 aromatic carbocycles. The van der Waals surface area contributed by atoms with E-state index in [1.54, 1.807) is 18.5 Å². The molecule has 0 radical (unpaired) electrons. The van der Waals surface area contributed by atoms with Crippen molar-refractivity contribution in [3.63, 3.8) is 0 Å².